The molecule has 0 unspecified atom stereocenters. The van der Waals surface area contributed by atoms with Crippen LogP contribution in [0.5, 0.6) is 0 Å². The first kappa shape index (κ1) is 10.5. The Morgan fingerprint density at radius 3 is 2.77 bits per heavy atom. The lowest BCUT2D eigenvalue weighted by atomic mass is 10.1. The second kappa shape index (κ2) is 4.63. The van der Waals surface area contributed by atoms with E-state index in [2.05, 4.69) is 23.8 Å². The molecule has 0 saturated carbocycles. The molecule has 0 radical (unpaired) electrons. The van der Waals surface area contributed by atoms with Gasteiger partial charge in [-0.3, -0.25) is 0 Å². The summed E-state index contributed by atoms with van der Waals surface area (Å²) in [5, 5.41) is 9.22. The van der Waals surface area contributed by atoms with Crippen LogP contribution >= 0.6 is 11.6 Å². The van der Waals surface area contributed by atoms with Gasteiger partial charge >= 0.3 is 0 Å². The summed E-state index contributed by atoms with van der Waals surface area (Å²) < 4.78 is 0. The second-order valence-corrected chi connectivity index (χ2v) is 3.88. The Balaban J connectivity index is 2.70. The molecule has 0 spiro atoms. The maximum atomic E-state index is 8.73. The molecule has 2 N–H and O–H groups in total. The highest BCUT2D eigenvalue weighted by molar-refractivity contribution is 6.30. The fourth-order valence-corrected chi connectivity index (χ4v) is 1.44. The summed E-state index contributed by atoms with van der Waals surface area (Å²) >= 11 is 5.85. The maximum absolute atomic E-state index is 8.73. The standard InChI is InChI=1S/C9H15ClN2O/c1-6(2)5-8-11-7(3-4-13)9(10)12-8/h6,13H,3-5H2,1-2H3,(H,11,12). The molecule has 3 nitrogen and oxygen atoms in total. The number of nitrogens with zero attached hydrogens (tertiary/aromatic N) is 1. The highest BCUT2D eigenvalue weighted by atomic mass is 35.5. The van der Waals surface area contributed by atoms with Gasteiger partial charge in [-0.25, -0.2) is 4.98 Å². The minimum atomic E-state index is 0.100. The first-order valence-corrected chi connectivity index (χ1v) is 4.85. The summed E-state index contributed by atoms with van der Waals surface area (Å²) in [5.41, 5.74) is 0.833. The first-order chi connectivity index (χ1) is 6.13. The summed E-state index contributed by atoms with van der Waals surface area (Å²) in [6.07, 6.45) is 1.44. The van der Waals surface area contributed by atoms with Crippen molar-refractivity contribution in [3.05, 3.63) is 16.7 Å². The van der Waals surface area contributed by atoms with Gasteiger partial charge in [0.25, 0.3) is 0 Å². The van der Waals surface area contributed by atoms with E-state index in [9.17, 15) is 0 Å². The highest BCUT2D eigenvalue weighted by Crippen LogP contribution is 2.15. The molecular formula is C9H15ClN2O. The zero-order valence-corrected chi connectivity index (χ0v) is 8.73. The number of rotatable bonds is 4. The molecule has 0 aliphatic heterocycles. The Labute approximate surface area is 83.1 Å². The summed E-state index contributed by atoms with van der Waals surface area (Å²) in [7, 11) is 0. The van der Waals surface area contributed by atoms with Gasteiger partial charge in [-0.1, -0.05) is 25.4 Å². The molecule has 0 aliphatic rings. The SMILES string of the molecule is CC(C)Cc1nc(Cl)c(CCO)[nH]1. The average Bonchev–Trinajstić information content (AvgIpc) is 2.31. The van der Waals surface area contributed by atoms with Crippen LogP contribution < -0.4 is 0 Å². The smallest absolute Gasteiger partial charge is 0.150 e. The largest absolute Gasteiger partial charge is 0.396 e. The Hall–Kier alpha value is -0.540. The van der Waals surface area contributed by atoms with E-state index in [4.69, 9.17) is 16.7 Å². The van der Waals surface area contributed by atoms with E-state index < -0.39 is 0 Å². The maximum Gasteiger partial charge on any atom is 0.150 e. The van der Waals surface area contributed by atoms with Gasteiger partial charge < -0.3 is 10.1 Å². The minimum absolute atomic E-state index is 0.100. The van der Waals surface area contributed by atoms with Crippen molar-refractivity contribution in [3.8, 4) is 0 Å². The topological polar surface area (TPSA) is 48.9 Å². The van der Waals surface area contributed by atoms with Crippen LogP contribution in [0.15, 0.2) is 0 Å². The number of H-pyrrole nitrogens is 1. The molecule has 1 aromatic rings. The minimum Gasteiger partial charge on any atom is -0.396 e. The van der Waals surface area contributed by atoms with Crippen LogP contribution in [-0.4, -0.2) is 21.7 Å². The monoisotopic (exact) mass is 202 g/mol. The number of aliphatic hydroxyl groups is 1. The molecule has 1 aromatic heterocycles. The van der Waals surface area contributed by atoms with Crippen molar-refractivity contribution in [1.82, 2.24) is 9.97 Å². The predicted octanol–water partition coefficient (Wildman–Crippen LogP) is 1.80. The normalized spacial score (nSPS) is 11.2. The zero-order chi connectivity index (χ0) is 9.84. The Bertz CT molecular complexity index is 271. The summed E-state index contributed by atoms with van der Waals surface area (Å²) in [6.45, 7) is 4.35. The van der Waals surface area contributed by atoms with Crippen LogP contribution in [0.1, 0.15) is 25.4 Å². The Morgan fingerprint density at radius 1 is 1.54 bits per heavy atom. The number of aliphatic hydroxyl groups excluding tert-OH is 1. The lowest BCUT2D eigenvalue weighted by molar-refractivity contribution is 0.298. The molecule has 1 heterocycles. The van der Waals surface area contributed by atoms with E-state index in [1.54, 1.807) is 0 Å². The van der Waals surface area contributed by atoms with Crippen molar-refractivity contribution in [2.24, 2.45) is 5.92 Å². The van der Waals surface area contributed by atoms with Gasteiger partial charge in [-0.15, -0.1) is 0 Å². The third-order valence-corrected chi connectivity index (χ3v) is 2.05. The molecule has 0 aliphatic carbocycles. The lowest BCUT2D eigenvalue weighted by Crippen LogP contribution is -1.97. The third kappa shape index (κ3) is 3.01. The van der Waals surface area contributed by atoms with Crippen molar-refractivity contribution < 1.29 is 5.11 Å². The van der Waals surface area contributed by atoms with Crippen molar-refractivity contribution in [2.45, 2.75) is 26.7 Å². The fraction of sp³-hybridized carbons (Fsp3) is 0.667. The van der Waals surface area contributed by atoms with E-state index in [1.165, 1.54) is 0 Å². The van der Waals surface area contributed by atoms with Gasteiger partial charge in [0.1, 0.15) is 11.0 Å². The van der Waals surface area contributed by atoms with Crippen LogP contribution in [0.25, 0.3) is 0 Å². The van der Waals surface area contributed by atoms with Crippen LogP contribution in [0.4, 0.5) is 0 Å². The number of hydrogen-bond donors (Lipinski definition) is 2. The van der Waals surface area contributed by atoms with Gasteiger partial charge in [0.15, 0.2) is 0 Å². The van der Waals surface area contributed by atoms with Crippen LogP contribution in [-0.2, 0) is 12.8 Å². The molecule has 4 heteroatoms. The molecule has 0 amide bonds. The Morgan fingerprint density at radius 2 is 2.23 bits per heavy atom. The molecule has 0 bridgehead atoms. The van der Waals surface area contributed by atoms with Gasteiger partial charge in [0.05, 0.1) is 5.69 Å². The number of aromatic nitrogens is 2. The number of aromatic amines is 1. The Kier molecular flexibility index (Phi) is 3.75. The van der Waals surface area contributed by atoms with Crippen molar-refractivity contribution in [1.29, 1.82) is 0 Å². The molecule has 74 valence electrons. The zero-order valence-electron chi connectivity index (χ0n) is 7.97. The van der Waals surface area contributed by atoms with Gasteiger partial charge in [-0.05, 0) is 5.92 Å². The van der Waals surface area contributed by atoms with E-state index in [-0.39, 0.29) is 6.61 Å². The second-order valence-electron chi connectivity index (χ2n) is 3.52. The van der Waals surface area contributed by atoms with E-state index in [0.29, 0.717) is 17.5 Å². The quantitative estimate of drug-likeness (QED) is 0.782. The molecule has 13 heavy (non-hydrogen) atoms. The third-order valence-electron chi connectivity index (χ3n) is 1.74. The van der Waals surface area contributed by atoms with E-state index >= 15 is 0 Å². The summed E-state index contributed by atoms with van der Waals surface area (Å²) in [4.78, 5) is 7.28. The molecule has 0 aromatic carbocycles. The molecule has 0 fully saturated rings. The van der Waals surface area contributed by atoms with Crippen LogP contribution in [0, 0.1) is 5.92 Å². The van der Waals surface area contributed by atoms with Gasteiger partial charge in [0, 0.05) is 19.4 Å². The average molecular weight is 203 g/mol. The van der Waals surface area contributed by atoms with Crippen molar-refractivity contribution >= 4 is 11.6 Å². The van der Waals surface area contributed by atoms with Crippen LogP contribution in [0.3, 0.4) is 0 Å². The summed E-state index contributed by atoms with van der Waals surface area (Å²) in [6, 6.07) is 0. The predicted molar refractivity (Wildman–Crippen MR) is 52.9 cm³/mol. The number of imidazole rings is 1. The molecule has 0 saturated heterocycles. The molecular weight excluding hydrogens is 188 g/mol. The molecule has 1 rings (SSSR count). The number of hydrogen-bond acceptors (Lipinski definition) is 2. The van der Waals surface area contributed by atoms with Gasteiger partial charge in [0.2, 0.25) is 0 Å². The summed E-state index contributed by atoms with van der Waals surface area (Å²) in [5.74, 6) is 1.47. The van der Waals surface area contributed by atoms with Crippen molar-refractivity contribution in [3.63, 3.8) is 0 Å². The van der Waals surface area contributed by atoms with Crippen molar-refractivity contribution in [2.75, 3.05) is 6.61 Å². The van der Waals surface area contributed by atoms with Gasteiger partial charge in [-0.2, -0.15) is 0 Å². The van der Waals surface area contributed by atoms with Crippen LogP contribution in [0.2, 0.25) is 5.15 Å². The molecule has 0 atom stereocenters. The highest BCUT2D eigenvalue weighted by Gasteiger charge is 2.08. The fourth-order valence-electron chi connectivity index (χ4n) is 1.20. The number of halogens is 1. The van der Waals surface area contributed by atoms with E-state index in [1.807, 2.05) is 0 Å². The van der Waals surface area contributed by atoms with E-state index in [0.717, 1.165) is 17.9 Å². The number of nitrogens with one attached hydrogen (secondary N) is 1. The lowest BCUT2D eigenvalue weighted by Gasteiger charge is -1.99. The first-order valence-electron chi connectivity index (χ1n) is 4.47.